The summed E-state index contributed by atoms with van der Waals surface area (Å²) >= 11 is 0. The van der Waals surface area contributed by atoms with E-state index in [1.807, 2.05) is 0 Å². The Morgan fingerprint density at radius 2 is 1.62 bits per heavy atom. The molecule has 1 saturated carbocycles. The number of carbonyl (C=O) groups is 1. The first kappa shape index (κ1) is 10.4. The molecule has 0 heterocycles. The number of hydrogen-bond donors (Lipinski definition) is 0. The summed E-state index contributed by atoms with van der Waals surface area (Å²) in [6.45, 7) is 0. The van der Waals surface area contributed by atoms with Gasteiger partial charge in [-0.15, -0.1) is 0 Å². The number of carbonyl (C=O) groups excluding carboxylic acids is 1. The largest absolute Gasteiger partial charge is 0.297 e. The molecule has 0 aromatic heterocycles. The Morgan fingerprint density at radius 3 is 2.31 bits per heavy atom. The predicted octanol–water partition coefficient (Wildman–Crippen LogP) is 2.82. The lowest BCUT2D eigenvalue weighted by atomic mass is 9.97. The van der Waals surface area contributed by atoms with Crippen molar-refractivity contribution in [2.75, 3.05) is 0 Å². The first-order chi connectivity index (χ1) is 6.34. The van der Waals surface area contributed by atoms with E-state index >= 15 is 0 Å². The van der Waals surface area contributed by atoms with E-state index in [1.165, 1.54) is 12.8 Å². The summed E-state index contributed by atoms with van der Waals surface area (Å²) in [5, 5.41) is 2.90. The Hall–Kier alpha value is -0.730. The normalized spacial score (nSPS) is 26.8. The second kappa shape index (κ2) is 5.84. The molecule has 0 spiro atoms. The van der Waals surface area contributed by atoms with Crippen LogP contribution in [0.2, 0.25) is 0 Å². The second-order valence-electron chi connectivity index (χ2n) is 3.75. The lowest BCUT2D eigenvalue weighted by Gasteiger charge is -2.10. The van der Waals surface area contributed by atoms with Gasteiger partial charge in [-0.25, -0.2) is 0 Å². The van der Waals surface area contributed by atoms with Crippen molar-refractivity contribution in [2.24, 2.45) is 5.18 Å². The Labute approximate surface area is 78.9 Å². The van der Waals surface area contributed by atoms with E-state index in [-0.39, 0.29) is 5.78 Å². The minimum Gasteiger partial charge on any atom is -0.297 e. The lowest BCUT2D eigenvalue weighted by molar-refractivity contribution is -0.120. The monoisotopic (exact) mass is 183 g/mol. The van der Waals surface area contributed by atoms with Crippen molar-refractivity contribution in [2.45, 2.75) is 57.4 Å². The van der Waals surface area contributed by atoms with E-state index < -0.39 is 6.04 Å². The van der Waals surface area contributed by atoms with E-state index in [4.69, 9.17) is 0 Å². The van der Waals surface area contributed by atoms with Gasteiger partial charge >= 0.3 is 0 Å². The van der Waals surface area contributed by atoms with E-state index in [0.717, 1.165) is 25.7 Å². The van der Waals surface area contributed by atoms with Gasteiger partial charge in [-0.2, -0.15) is 4.91 Å². The minimum atomic E-state index is -0.543. The molecule has 0 aliphatic heterocycles. The number of rotatable bonds is 1. The molecule has 1 rings (SSSR count). The number of nitrogens with zero attached hydrogens (tertiary/aromatic N) is 1. The van der Waals surface area contributed by atoms with Gasteiger partial charge in [-0.1, -0.05) is 37.3 Å². The SMILES string of the molecule is O=NC1CCCCCCCCC1=O. The smallest absolute Gasteiger partial charge is 0.160 e. The molecule has 0 saturated heterocycles. The molecule has 3 heteroatoms. The molecule has 1 unspecified atom stereocenters. The highest BCUT2D eigenvalue weighted by molar-refractivity contribution is 5.84. The van der Waals surface area contributed by atoms with Gasteiger partial charge in [0.15, 0.2) is 5.78 Å². The zero-order chi connectivity index (χ0) is 9.52. The molecular formula is C10H17NO2. The number of hydrogen-bond acceptors (Lipinski definition) is 3. The molecular weight excluding hydrogens is 166 g/mol. The third kappa shape index (κ3) is 3.66. The van der Waals surface area contributed by atoms with Gasteiger partial charge < -0.3 is 0 Å². The van der Waals surface area contributed by atoms with Gasteiger partial charge in [0.2, 0.25) is 0 Å². The van der Waals surface area contributed by atoms with Crippen LogP contribution >= 0.6 is 0 Å². The van der Waals surface area contributed by atoms with Crippen molar-refractivity contribution in [3.8, 4) is 0 Å². The zero-order valence-corrected chi connectivity index (χ0v) is 8.00. The maximum atomic E-state index is 11.4. The highest BCUT2D eigenvalue weighted by Gasteiger charge is 2.18. The van der Waals surface area contributed by atoms with Crippen LogP contribution in [0, 0.1) is 4.91 Å². The summed E-state index contributed by atoms with van der Waals surface area (Å²) in [4.78, 5) is 21.7. The van der Waals surface area contributed by atoms with E-state index in [2.05, 4.69) is 5.18 Å². The standard InChI is InChI=1S/C10H17NO2/c12-10-8-6-4-2-1-3-5-7-9(10)11-13/h9H,1-8H2. The molecule has 74 valence electrons. The zero-order valence-electron chi connectivity index (χ0n) is 8.00. The average molecular weight is 183 g/mol. The maximum absolute atomic E-state index is 11.4. The molecule has 0 radical (unpaired) electrons. The van der Waals surface area contributed by atoms with Crippen molar-refractivity contribution in [3.05, 3.63) is 4.91 Å². The molecule has 1 fully saturated rings. The lowest BCUT2D eigenvalue weighted by Crippen LogP contribution is -2.18. The third-order valence-corrected chi connectivity index (χ3v) is 2.65. The van der Waals surface area contributed by atoms with Crippen LogP contribution in [0.15, 0.2) is 5.18 Å². The number of nitroso groups, excluding NO2 is 1. The molecule has 0 aromatic rings. The molecule has 1 aliphatic rings. The van der Waals surface area contributed by atoms with Crippen molar-refractivity contribution >= 4 is 5.78 Å². The van der Waals surface area contributed by atoms with Crippen molar-refractivity contribution in [3.63, 3.8) is 0 Å². The van der Waals surface area contributed by atoms with Gasteiger partial charge in [0, 0.05) is 6.42 Å². The highest BCUT2D eigenvalue weighted by Crippen LogP contribution is 2.16. The van der Waals surface area contributed by atoms with E-state index in [1.54, 1.807) is 0 Å². The molecule has 1 aliphatic carbocycles. The Kier molecular flexibility index (Phi) is 4.65. The van der Waals surface area contributed by atoms with Crippen LogP contribution in [0.3, 0.4) is 0 Å². The first-order valence-corrected chi connectivity index (χ1v) is 5.20. The average Bonchev–Trinajstić information content (AvgIpc) is 2.16. The second-order valence-corrected chi connectivity index (χ2v) is 3.75. The molecule has 13 heavy (non-hydrogen) atoms. The fraction of sp³-hybridized carbons (Fsp3) is 0.900. The van der Waals surface area contributed by atoms with Crippen LogP contribution in [-0.4, -0.2) is 11.8 Å². The Morgan fingerprint density at radius 1 is 1.00 bits per heavy atom. The summed E-state index contributed by atoms with van der Waals surface area (Å²) in [5.74, 6) is 0.0527. The molecule has 0 aromatic carbocycles. The van der Waals surface area contributed by atoms with Crippen LogP contribution in [0.25, 0.3) is 0 Å². The van der Waals surface area contributed by atoms with Gasteiger partial charge in [-0.05, 0) is 12.8 Å². The maximum Gasteiger partial charge on any atom is 0.160 e. The van der Waals surface area contributed by atoms with Crippen LogP contribution in [0.5, 0.6) is 0 Å². The van der Waals surface area contributed by atoms with Gasteiger partial charge in [-0.3, -0.25) is 4.79 Å². The van der Waals surface area contributed by atoms with Crippen LogP contribution < -0.4 is 0 Å². The van der Waals surface area contributed by atoms with Crippen LogP contribution in [0.4, 0.5) is 0 Å². The first-order valence-electron chi connectivity index (χ1n) is 5.20. The summed E-state index contributed by atoms with van der Waals surface area (Å²) in [5.41, 5.74) is 0. The van der Waals surface area contributed by atoms with E-state index in [0.29, 0.717) is 12.8 Å². The van der Waals surface area contributed by atoms with Crippen molar-refractivity contribution in [1.29, 1.82) is 0 Å². The summed E-state index contributed by atoms with van der Waals surface area (Å²) in [6, 6.07) is -0.543. The fourth-order valence-electron chi connectivity index (χ4n) is 1.78. The van der Waals surface area contributed by atoms with Gasteiger partial charge in [0.1, 0.15) is 6.04 Å². The van der Waals surface area contributed by atoms with Crippen LogP contribution in [-0.2, 0) is 4.79 Å². The Bertz CT molecular complexity index is 180. The quantitative estimate of drug-likeness (QED) is 0.587. The van der Waals surface area contributed by atoms with Crippen molar-refractivity contribution in [1.82, 2.24) is 0 Å². The molecule has 0 bridgehead atoms. The molecule has 0 N–H and O–H groups in total. The third-order valence-electron chi connectivity index (χ3n) is 2.65. The van der Waals surface area contributed by atoms with E-state index in [9.17, 15) is 9.70 Å². The summed E-state index contributed by atoms with van der Waals surface area (Å²) in [7, 11) is 0. The molecule has 3 nitrogen and oxygen atoms in total. The Balaban J connectivity index is 2.41. The fourth-order valence-corrected chi connectivity index (χ4v) is 1.78. The molecule has 0 amide bonds. The summed E-state index contributed by atoms with van der Waals surface area (Å²) < 4.78 is 0. The highest BCUT2D eigenvalue weighted by atomic mass is 16.3. The van der Waals surface area contributed by atoms with Gasteiger partial charge in [0.05, 0.1) is 0 Å². The van der Waals surface area contributed by atoms with Crippen LogP contribution in [0.1, 0.15) is 51.4 Å². The predicted molar refractivity (Wildman–Crippen MR) is 51.5 cm³/mol. The summed E-state index contributed by atoms with van der Waals surface area (Å²) in [6.07, 6.45) is 7.86. The number of ketones is 1. The molecule has 1 atom stereocenters. The minimum absolute atomic E-state index is 0.0527. The van der Waals surface area contributed by atoms with Crippen molar-refractivity contribution < 1.29 is 4.79 Å². The topological polar surface area (TPSA) is 46.5 Å². The van der Waals surface area contributed by atoms with Gasteiger partial charge in [0.25, 0.3) is 0 Å². The number of Topliss-reactive ketones (excluding diaryl/α,β-unsaturated/α-hetero) is 1.